The van der Waals surface area contributed by atoms with Crippen molar-refractivity contribution in [3.8, 4) is 5.75 Å². The second-order valence-corrected chi connectivity index (χ2v) is 5.34. The summed E-state index contributed by atoms with van der Waals surface area (Å²) in [4.78, 5) is 14.1. The van der Waals surface area contributed by atoms with Crippen LogP contribution in [0.3, 0.4) is 0 Å². The molecule has 1 aliphatic rings. The molecule has 1 aromatic carbocycles. The minimum atomic E-state index is -0.440. The van der Waals surface area contributed by atoms with Crippen LogP contribution >= 0.6 is 12.4 Å². The Morgan fingerprint density at radius 1 is 1.55 bits per heavy atom. The van der Waals surface area contributed by atoms with Gasteiger partial charge in [0, 0.05) is 13.1 Å². The maximum Gasteiger partial charge on any atom is 0.257 e. The number of halogens is 2. The summed E-state index contributed by atoms with van der Waals surface area (Å²) in [6.07, 6.45) is 0.868. The van der Waals surface area contributed by atoms with Crippen molar-refractivity contribution in [3.05, 3.63) is 29.6 Å². The highest BCUT2D eigenvalue weighted by Crippen LogP contribution is 2.31. The van der Waals surface area contributed by atoms with Crippen molar-refractivity contribution in [1.29, 1.82) is 0 Å². The van der Waals surface area contributed by atoms with Crippen molar-refractivity contribution in [2.45, 2.75) is 13.3 Å². The fraction of sp³-hybridized carbons (Fsp3) is 0.500. The summed E-state index contributed by atoms with van der Waals surface area (Å²) in [6.45, 7) is 3.84. The van der Waals surface area contributed by atoms with Crippen molar-refractivity contribution in [3.63, 3.8) is 0 Å². The van der Waals surface area contributed by atoms with Crippen LogP contribution in [0.2, 0.25) is 0 Å². The number of nitrogens with zero attached hydrogens (tertiary/aromatic N) is 1. The fourth-order valence-electron chi connectivity index (χ4n) is 2.38. The minimum absolute atomic E-state index is 0. The van der Waals surface area contributed by atoms with Crippen LogP contribution in [0.5, 0.6) is 5.75 Å². The molecule has 1 atom stereocenters. The molecular formula is C14H20ClFN2O2. The Bertz CT molecular complexity index is 498. The summed E-state index contributed by atoms with van der Waals surface area (Å²) in [7, 11) is 1.47. The fourth-order valence-corrected chi connectivity index (χ4v) is 2.38. The van der Waals surface area contributed by atoms with Gasteiger partial charge in [0.2, 0.25) is 0 Å². The number of hydrogen-bond acceptors (Lipinski definition) is 3. The Balaban J connectivity index is 0.00000200. The molecule has 1 heterocycles. The number of rotatable bonds is 3. The molecule has 2 N–H and O–H groups in total. The molecule has 0 aliphatic carbocycles. The van der Waals surface area contributed by atoms with Crippen molar-refractivity contribution in [1.82, 2.24) is 4.90 Å². The van der Waals surface area contributed by atoms with Crippen molar-refractivity contribution in [2.75, 3.05) is 26.7 Å². The average Bonchev–Trinajstić information content (AvgIpc) is 2.81. The quantitative estimate of drug-likeness (QED) is 0.930. The number of carbonyl (C=O) groups is 1. The normalized spacial score (nSPS) is 21.5. The molecular weight excluding hydrogens is 283 g/mol. The molecule has 1 saturated heterocycles. The first kappa shape index (κ1) is 16.7. The number of likely N-dealkylation sites (tertiary alicyclic amines) is 1. The third-order valence-electron chi connectivity index (χ3n) is 3.73. The molecule has 0 saturated carbocycles. The molecule has 112 valence electrons. The molecule has 1 aromatic rings. The highest BCUT2D eigenvalue weighted by molar-refractivity contribution is 5.97. The van der Waals surface area contributed by atoms with Gasteiger partial charge in [-0.3, -0.25) is 4.79 Å². The third kappa shape index (κ3) is 3.22. The third-order valence-corrected chi connectivity index (χ3v) is 3.73. The van der Waals surface area contributed by atoms with E-state index >= 15 is 0 Å². The summed E-state index contributed by atoms with van der Waals surface area (Å²) in [6, 6.07) is 3.98. The summed E-state index contributed by atoms with van der Waals surface area (Å²) in [5, 5.41) is 0. The monoisotopic (exact) mass is 302 g/mol. The lowest BCUT2D eigenvalue weighted by atomic mass is 9.90. The molecule has 1 aliphatic heterocycles. The summed E-state index contributed by atoms with van der Waals surface area (Å²) in [5.74, 6) is -0.244. The maximum absolute atomic E-state index is 13.3. The van der Waals surface area contributed by atoms with Crippen LogP contribution in [0.25, 0.3) is 0 Å². The average molecular weight is 303 g/mol. The standard InChI is InChI=1S/C14H19FN2O2.ClH/c1-14(8-16)5-6-17(9-14)13(18)11-7-10(15)3-4-12(11)19-2;/h3-4,7H,5-6,8-9,16H2,1-2H3;1H. The zero-order valence-corrected chi connectivity index (χ0v) is 12.5. The molecule has 0 aromatic heterocycles. The summed E-state index contributed by atoms with van der Waals surface area (Å²) < 4.78 is 18.4. The van der Waals surface area contributed by atoms with Gasteiger partial charge in [-0.2, -0.15) is 0 Å². The van der Waals surface area contributed by atoms with Gasteiger partial charge in [0.15, 0.2) is 0 Å². The topological polar surface area (TPSA) is 55.6 Å². The molecule has 1 fully saturated rings. The van der Waals surface area contributed by atoms with E-state index in [2.05, 4.69) is 6.92 Å². The largest absolute Gasteiger partial charge is 0.496 e. The van der Waals surface area contributed by atoms with Gasteiger partial charge in [-0.25, -0.2) is 4.39 Å². The SMILES string of the molecule is COc1ccc(F)cc1C(=O)N1CCC(C)(CN)C1.Cl. The number of hydrogen-bond donors (Lipinski definition) is 1. The number of nitrogens with two attached hydrogens (primary N) is 1. The highest BCUT2D eigenvalue weighted by Gasteiger charge is 2.35. The Labute approximate surface area is 124 Å². The molecule has 1 unspecified atom stereocenters. The van der Waals surface area contributed by atoms with Gasteiger partial charge in [0.25, 0.3) is 5.91 Å². The van der Waals surface area contributed by atoms with Crippen LogP contribution in [-0.4, -0.2) is 37.6 Å². The lowest BCUT2D eigenvalue weighted by Gasteiger charge is -2.23. The van der Waals surface area contributed by atoms with Crippen LogP contribution in [0.4, 0.5) is 4.39 Å². The second kappa shape index (κ2) is 6.41. The van der Waals surface area contributed by atoms with E-state index in [0.29, 0.717) is 25.4 Å². The van der Waals surface area contributed by atoms with E-state index in [1.54, 1.807) is 4.90 Å². The van der Waals surface area contributed by atoms with Crippen molar-refractivity contribution in [2.24, 2.45) is 11.1 Å². The summed E-state index contributed by atoms with van der Waals surface area (Å²) in [5.41, 5.74) is 5.95. The van der Waals surface area contributed by atoms with E-state index < -0.39 is 5.82 Å². The van der Waals surface area contributed by atoms with E-state index in [-0.39, 0.29) is 29.3 Å². The minimum Gasteiger partial charge on any atom is -0.496 e. The Morgan fingerprint density at radius 2 is 2.25 bits per heavy atom. The molecule has 0 bridgehead atoms. The van der Waals surface area contributed by atoms with Gasteiger partial charge in [-0.15, -0.1) is 12.4 Å². The van der Waals surface area contributed by atoms with Gasteiger partial charge in [-0.1, -0.05) is 6.92 Å². The Kier molecular flexibility index (Phi) is 5.36. The van der Waals surface area contributed by atoms with Crippen LogP contribution in [-0.2, 0) is 0 Å². The zero-order valence-electron chi connectivity index (χ0n) is 11.7. The number of carbonyl (C=O) groups excluding carboxylic acids is 1. The van der Waals surface area contributed by atoms with Crippen molar-refractivity contribution >= 4 is 18.3 Å². The smallest absolute Gasteiger partial charge is 0.257 e. The Hall–Kier alpha value is -1.33. The molecule has 4 nitrogen and oxygen atoms in total. The molecule has 1 amide bonds. The number of methoxy groups -OCH3 is 1. The van der Waals surface area contributed by atoms with E-state index in [1.807, 2.05) is 0 Å². The highest BCUT2D eigenvalue weighted by atomic mass is 35.5. The van der Waals surface area contributed by atoms with E-state index in [0.717, 1.165) is 6.42 Å². The Morgan fingerprint density at radius 3 is 2.80 bits per heavy atom. The van der Waals surface area contributed by atoms with Crippen LogP contribution in [0.15, 0.2) is 18.2 Å². The van der Waals surface area contributed by atoms with Crippen LogP contribution < -0.4 is 10.5 Å². The predicted octanol–water partition coefficient (Wildman–Crippen LogP) is 2.07. The van der Waals surface area contributed by atoms with Gasteiger partial charge >= 0.3 is 0 Å². The second-order valence-electron chi connectivity index (χ2n) is 5.34. The van der Waals surface area contributed by atoms with E-state index in [1.165, 1.54) is 25.3 Å². The lowest BCUT2D eigenvalue weighted by Crippen LogP contribution is -2.34. The van der Waals surface area contributed by atoms with E-state index in [9.17, 15) is 9.18 Å². The first-order chi connectivity index (χ1) is 8.99. The molecule has 0 spiro atoms. The van der Waals surface area contributed by atoms with Crippen molar-refractivity contribution < 1.29 is 13.9 Å². The number of benzene rings is 1. The summed E-state index contributed by atoms with van der Waals surface area (Å²) >= 11 is 0. The zero-order chi connectivity index (χ0) is 14.0. The molecule has 2 rings (SSSR count). The van der Waals surface area contributed by atoms with Gasteiger partial charge in [0.05, 0.1) is 12.7 Å². The molecule has 0 radical (unpaired) electrons. The van der Waals surface area contributed by atoms with Gasteiger partial charge < -0.3 is 15.4 Å². The lowest BCUT2D eigenvalue weighted by molar-refractivity contribution is 0.0773. The first-order valence-electron chi connectivity index (χ1n) is 6.32. The van der Waals surface area contributed by atoms with Crippen LogP contribution in [0.1, 0.15) is 23.7 Å². The van der Waals surface area contributed by atoms with E-state index in [4.69, 9.17) is 10.5 Å². The van der Waals surface area contributed by atoms with Gasteiger partial charge in [-0.05, 0) is 36.6 Å². The molecule has 20 heavy (non-hydrogen) atoms. The number of amides is 1. The van der Waals surface area contributed by atoms with Gasteiger partial charge in [0.1, 0.15) is 11.6 Å². The predicted molar refractivity (Wildman–Crippen MR) is 77.9 cm³/mol. The number of ether oxygens (including phenoxy) is 1. The first-order valence-corrected chi connectivity index (χ1v) is 6.32. The maximum atomic E-state index is 13.3. The van der Waals surface area contributed by atoms with Crippen LogP contribution in [0, 0.1) is 11.2 Å². The molecule has 6 heteroatoms.